The molecular weight excluding hydrogens is 254 g/mol. The third-order valence-electron chi connectivity index (χ3n) is 2.90. The molecule has 1 aliphatic rings. The average Bonchev–Trinajstić information content (AvgIpc) is 2.65. The zero-order valence-corrected chi connectivity index (χ0v) is 11.0. The number of imide groups is 1. The summed E-state index contributed by atoms with van der Waals surface area (Å²) < 4.78 is 0. The van der Waals surface area contributed by atoms with E-state index in [0.29, 0.717) is 23.8 Å². The molecule has 1 heterocycles. The van der Waals surface area contributed by atoms with Gasteiger partial charge in [0.05, 0.1) is 0 Å². The minimum Gasteiger partial charge on any atom is -0.326 e. The summed E-state index contributed by atoms with van der Waals surface area (Å²) in [5.41, 5.74) is 1.52. The van der Waals surface area contributed by atoms with Crippen LogP contribution in [-0.2, 0) is 0 Å². The third kappa shape index (κ3) is 2.41. The number of hydrogen-bond acceptors (Lipinski definition) is 2. The van der Waals surface area contributed by atoms with Gasteiger partial charge in [-0.3, -0.25) is 0 Å². The Balaban J connectivity index is 2.12. The minimum atomic E-state index is -0.422. The first-order chi connectivity index (χ1) is 8.49. The van der Waals surface area contributed by atoms with Crippen molar-refractivity contribution in [3.8, 4) is 0 Å². The van der Waals surface area contributed by atoms with Crippen LogP contribution >= 0.6 is 11.6 Å². The van der Waals surface area contributed by atoms with Crippen molar-refractivity contribution >= 4 is 29.4 Å². The molecule has 0 atom stereocenters. The SMILES string of the molecule is Cc1ccc(Cl)cc1NC(=O)N1CCN(C)C1=O. The molecule has 1 N–H and O–H groups in total. The van der Waals surface area contributed by atoms with E-state index in [1.807, 2.05) is 13.0 Å². The molecule has 0 aromatic heterocycles. The molecule has 0 aliphatic carbocycles. The van der Waals surface area contributed by atoms with E-state index in [1.165, 1.54) is 9.80 Å². The predicted molar refractivity (Wildman–Crippen MR) is 69.9 cm³/mol. The van der Waals surface area contributed by atoms with Crippen LogP contribution < -0.4 is 5.32 Å². The first kappa shape index (κ1) is 12.7. The van der Waals surface area contributed by atoms with Gasteiger partial charge in [-0.25, -0.2) is 14.5 Å². The molecule has 1 aromatic rings. The number of halogens is 1. The summed E-state index contributed by atoms with van der Waals surface area (Å²) in [4.78, 5) is 26.3. The van der Waals surface area contributed by atoms with Gasteiger partial charge in [-0.1, -0.05) is 17.7 Å². The van der Waals surface area contributed by atoms with Gasteiger partial charge in [-0.2, -0.15) is 0 Å². The molecule has 0 bridgehead atoms. The van der Waals surface area contributed by atoms with Crippen LogP contribution in [0.2, 0.25) is 5.02 Å². The van der Waals surface area contributed by atoms with Crippen molar-refractivity contribution in [3.63, 3.8) is 0 Å². The second-order valence-electron chi connectivity index (χ2n) is 4.25. The van der Waals surface area contributed by atoms with E-state index in [9.17, 15) is 9.59 Å². The van der Waals surface area contributed by atoms with E-state index in [2.05, 4.69) is 5.32 Å². The number of carbonyl (C=O) groups is 2. The number of amides is 4. The van der Waals surface area contributed by atoms with Gasteiger partial charge in [0, 0.05) is 30.8 Å². The molecule has 0 spiro atoms. The summed E-state index contributed by atoms with van der Waals surface area (Å²) in [6.07, 6.45) is 0. The summed E-state index contributed by atoms with van der Waals surface area (Å²) in [6.45, 7) is 2.82. The van der Waals surface area contributed by atoms with Crippen molar-refractivity contribution in [2.45, 2.75) is 6.92 Å². The molecule has 0 unspecified atom stereocenters. The highest BCUT2D eigenvalue weighted by Gasteiger charge is 2.30. The van der Waals surface area contributed by atoms with E-state index >= 15 is 0 Å². The number of nitrogens with one attached hydrogen (secondary N) is 1. The third-order valence-corrected chi connectivity index (χ3v) is 3.14. The molecule has 96 valence electrons. The highest BCUT2D eigenvalue weighted by Crippen LogP contribution is 2.21. The number of anilines is 1. The summed E-state index contributed by atoms with van der Waals surface area (Å²) in [5.74, 6) is 0. The van der Waals surface area contributed by atoms with Crippen LogP contribution in [0.5, 0.6) is 0 Å². The lowest BCUT2D eigenvalue weighted by Crippen LogP contribution is -2.38. The van der Waals surface area contributed by atoms with Crippen molar-refractivity contribution in [1.29, 1.82) is 0 Å². The lowest BCUT2D eigenvalue weighted by Gasteiger charge is -2.16. The van der Waals surface area contributed by atoms with Gasteiger partial charge in [0.25, 0.3) is 0 Å². The lowest BCUT2D eigenvalue weighted by molar-refractivity contribution is 0.195. The topological polar surface area (TPSA) is 52.7 Å². The lowest BCUT2D eigenvalue weighted by atomic mass is 10.2. The molecule has 18 heavy (non-hydrogen) atoms. The van der Waals surface area contributed by atoms with Gasteiger partial charge in [-0.05, 0) is 24.6 Å². The first-order valence-corrected chi connectivity index (χ1v) is 5.96. The molecule has 1 aliphatic heterocycles. The Hall–Kier alpha value is -1.75. The Morgan fingerprint density at radius 2 is 2.11 bits per heavy atom. The van der Waals surface area contributed by atoms with E-state index in [0.717, 1.165) is 5.56 Å². The zero-order chi connectivity index (χ0) is 13.3. The van der Waals surface area contributed by atoms with Crippen LogP contribution in [0.1, 0.15) is 5.56 Å². The molecule has 5 nitrogen and oxygen atoms in total. The first-order valence-electron chi connectivity index (χ1n) is 5.59. The number of benzene rings is 1. The number of aryl methyl sites for hydroxylation is 1. The van der Waals surface area contributed by atoms with Crippen LogP contribution in [0.3, 0.4) is 0 Å². The van der Waals surface area contributed by atoms with Crippen LogP contribution in [-0.4, -0.2) is 42.0 Å². The Bertz CT molecular complexity index is 504. The largest absolute Gasteiger partial charge is 0.330 e. The Morgan fingerprint density at radius 3 is 2.72 bits per heavy atom. The summed E-state index contributed by atoms with van der Waals surface area (Å²) >= 11 is 5.87. The van der Waals surface area contributed by atoms with Gasteiger partial charge in [-0.15, -0.1) is 0 Å². The number of urea groups is 2. The molecule has 1 fully saturated rings. The van der Waals surface area contributed by atoms with Crippen LogP contribution in [0.25, 0.3) is 0 Å². The zero-order valence-electron chi connectivity index (χ0n) is 10.2. The Morgan fingerprint density at radius 1 is 1.39 bits per heavy atom. The fraction of sp³-hybridized carbons (Fsp3) is 0.333. The average molecular weight is 268 g/mol. The molecular formula is C12H14ClN3O2. The monoisotopic (exact) mass is 267 g/mol. The van der Waals surface area contributed by atoms with E-state index < -0.39 is 6.03 Å². The quantitative estimate of drug-likeness (QED) is 0.850. The highest BCUT2D eigenvalue weighted by atomic mass is 35.5. The molecule has 6 heteroatoms. The molecule has 1 saturated heterocycles. The van der Waals surface area contributed by atoms with Crippen LogP contribution in [0.4, 0.5) is 15.3 Å². The van der Waals surface area contributed by atoms with E-state index in [1.54, 1.807) is 19.2 Å². The highest BCUT2D eigenvalue weighted by molar-refractivity contribution is 6.31. The van der Waals surface area contributed by atoms with E-state index in [4.69, 9.17) is 11.6 Å². The normalized spacial score (nSPS) is 15.2. The fourth-order valence-corrected chi connectivity index (χ4v) is 1.92. The maximum atomic E-state index is 12.0. The smallest absolute Gasteiger partial charge is 0.326 e. The second-order valence-corrected chi connectivity index (χ2v) is 4.68. The van der Waals surface area contributed by atoms with Gasteiger partial charge in [0.15, 0.2) is 0 Å². The molecule has 0 radical (unpaired) electrons. The van der Waals surface area contributed by atoms with Crippen molar-refractivity contribution in [3.05, 3.63) is 28.8 Å². The maximum Gasteiger partial charge on any atom is 0.330 e. The van der Waals surface area contributed by atoms with Gasteiger partial charge < -0.3 is 10.2 Å². The molecule has 2 rings (SSSR count). The molecule has 4 amide bonds. The molecule has 0 saturated carbocycles. The predicted octanol–water partition coefficient (Wildman–Crippen LogP) is 2.55. The number of carbonyl (C=O) groups excluding carboxylic acids is 2. The fourth-order valence-electron chi connectivity index (χ4n) is 1.75. The number of rotatable bonds is 1. The number of likely N-dealkylation sites (N-methyl/N-ethyl adjacent to an activating group) is 1. The van der Waals surface area contributed by atoms with Crippen molar-refractivity contribution < 1.29 is 9.59 Å². The summed E-state index contributed by atoms with van der Waals surface area (Å²) in [6, 6.07) is 4.53. The van der Waals surface area contributed by atoms with Gasteiger partial charge in [0.2, 0.25) is 0 Å². The van der Waals surface area contributed by atoms with Crippen molar-refractivity contribution in [1.82, 2.24) is 9.80 Å². The second kappa shape index (κ2) is 4.86. The van der Waals surface area contributed by atoms with Gasteiger partial charge >= 0.3 is 12.1 Å². The number of hydrogen-bond donors (Lipinski definition) is 1. The van der Waals surface area contributed by atoms with E-state index in [-0.39, 0.29) is 6.03 Å². The number of nitrogens with zero attached hydrogens (tertiary/aromatic N) is 2. The van der Waals surface area contributed by atoms with Crippen LogP contribution in [0, 0.1) is 6.92 Å². The summed E-state index contributed by atoms with van der Waals surface area (Å²) in [5, 5.41) is 3.24. The summed E-state index contributed by atoms with van der Waals surface area (Å²) in [7, 11) is 1.67. The maximum absolute atomic E-state index is 12.0. The van der Waals surface area contributed by atoms with Gasteiger partial charge in [0.1, 0.15) is 0 Å². The Labute approximate surface area is 110 Å². The molecule has 1 aromatic carbocycles. The van der Waals surface area contributed by atoms with Crippen LogP contribution in [0.15, 0.2) is 18.2 Å². The van der Waals surface area contributed by atoms with Crippen molar-refractivity contribution in [2.75, 3.05) is 25.5 Å². The minimum absolute atomic E-state index is 0.285. The standard InChI is InChI=1S/C12H14ClN3O2/c1-8-3-4-9(13)7-10(8)14-11(17)16-6-5-15(2)12(16)18/h3-4,7H,5-6H2,1-2H3,(H,14,17). The van der Waals surface area contributed by atoms with Crippen molar-refractivity contribution in [2.24, 2.45) is 0 Å². The Kier molecular flexibility index (Phi) is 3.43.